The molecule has 3 rings (SSSR count). The molecule has 1 N–H and O–H groups in total. The van der Waals surface area contributed by atoms with E-state index < -0.39 is 5.97 Å². The topological polar surface area (TPSA) is 37.3 Å². The fraction of sp³-hybridized carbons (Fsp3) is 0.464. The number of carboxylic acids is 1. The lowest BCUT2D eigenvalue weighted by molar-refractivity contribution is 0.0697. The van der Waals surface area contributed by atoms with Crippen LogP contribution in [0.2, 0.25) is 0 Å². The Morgan fingerprint density at radius 3 is 2.37 bits per heavy atom. The second-order valence-corrected chi connectivity index (χ2v) is 8.78. The van der Waals surface area contributed by atoms with E-state index in [2.05, 4.69) is 56.3 Å². The van der Waals surface area contributed by atoms with Gasteiger partial charge in [-0.25, -0.2) is 4.79 Å². The van der Waals surface area contributed by atoms with Crippen LogP contribution in [-0.4, -0.2) is 11.1 Å². The molecule has 1 aliphatic carbocycles. The van der Waals surface area contributed by atoms with Gasteiger partial charge in [0.1, 0.15) is 0 Å². The Balaban J connectivity index is 1.79. The molecule has 0 spiro atoms. The van der Waals surface area contributed by atoms with Gasteiger partial charge in [0.05, 0.1) is 5.56 Å². The Labute approximate surface area is 182 Å². The van der Waals surface area contributed by atoms with Crippen LogP contribution in [0.3, 0.4) is 0 Å². The van der Waals surface area contributed by atoms with Crippen molar-refractivity contribution < 1.29 is 9.90 Å². The summed E-state index contributed by atoms with van der Waals surface area (Å²) in [6, 6.07) is 14.3. The molecular formula is C28H36O2. The summed E-state index contributed by atoms with van der Waals surface area (Å²) in [4.78, 5) is 11.9. The zero-order valence-electron chi connectivity index (χ0n) is 18.6. The second kappa shape index (κ2) is 11.2. The predicted molar refractivity (Wildman–Crippen MR) is 127 cm³/mol. The molecule has 1 saturated carbocycles. The van der Waals surface area contributed by atoms with Gasteiger partial charge >= 0.3 is 5.97 Å². The highest BCUT2D eigenvalue weighted by molar-refractivity contribution is 5.96. The first kappa shape index (κ1) is 22.3. The van der Waals surface area contributed by atoms with Gasteiger partial charge in [0.2, 0.25) is 0 Å². The van der Waals surface area contributed by atoms with E-state index in [4.69, 9.17) is 0 Å². The van der Waals surface area contributed by atoms with Gasteiger partial charge in [0.15, 0.2) is 0 Å². The molecule has 0 unspecified atom stereocenters. The van der Waals surface area contributed by atoms with Crippen molar-refractivity contribution in [2.75, 3.05) is 0 Å². The van der Waals surface area contributed by atoms with Gasteiger partial charge < -0.3 is 5.11 Å². The molecule has 0 heterocycles. The third-order valence-electron chi connectivity index (χ3n) is 6.55. The molecule has 0 saturated heterocycles. The number of hydrogen-bond donors (Lipinski definition) is 1. The van der Waals surface area contributed by atoms with Crippen LogP contribution in [0.1, 0.15) is 99.0 Å². The first-order chi connectivity index (χ1) is 14.6. The minimum atomic E-state index is -0.855. The van der Waals surface area contributed by atoms with E-state index in [1.807, 2.05) is 12.1 Å². The zero-order valence-corrected chi connectivity index (χ0v) is 18.6. The summed E-state index contributed by atoms with van der Waals surface area (Å²) in [5.41, 5.74) is 4.68. The average Bonchev–Trinajstić information content (AvgIpc) is 2.78. The number of benzene rings is 2. The maximum atomic E-state index is 11.9. The number of allylic oxidation sites excluding steroid dienone is 1. The number of unbranched alkanes of at least 4 members (excludes halogenated alkanes) is 2. The minimum absolute atomic E-state index is 0.393. The number of carbonyl (C=O) groups is 1. The smallest absolute Gasteiger partial charge is 0.336 e. The highest BCUT2D eigenvalue weighted by atomic mass is 16.4. The first-order valence-corrected chi connectivity index (χ1v) is 11.8. The summed E-state index contributed by atoms with van der Waals surface area (Å²) in [6.45, 7) is 4.44. The van der Waals surface area contributed by atoms with Crippen LogP contribution in [0.4, 0.5) is 0 Å². The van der Waals surface area contributed by atoms with Crippen LogP contribution in [-0.2, 0) is 0 Å². The molecule has 2 heteroatoms. The summed E-state index contributed by atoms with van der Waals surface area (Å²) in [6.07, 6.45) is 15.6. The van der Waals surface area contributed by atoms with Gasteiger partial charge in [-0.15, -0.1) is 0 Å². The van der Waals surface area contributed by atoms with Gasteiger partial charge in [-0.05, 0) is 72.3 Å². The van der Waals surface area contributed by atoms with Crippen LogP contribution < -0.4 is 0 Å². The average molecular weight is 405 g/mol. The predicted octanol–water partition coefficient (Wildman–Crippen LogP) is 8.33. The molecule has 1 fully saturated rings. The van der Waals surface area contributed by atoms with Gasteiger partial charge in [-0.1, -0.05) is 88.1 Å². The van der Waals surface area contributed by atoms with E-state index in [9.17, 15) is 9.90 Å². The van der Waals surface area contributed by atoms with E-state index in [0.29, 0.717) is 11.5 Å². The molecule has 2 aromatic rings. The van der Waals surface area contributed by atoms with Crippen LogP contribution >= 0.6 is 0 Å². The van der Waals surface area contributed by atoms with E-state index in [1.54, 1.807) is 0 Å². The lowest BCUT2D eigenvalue weighted by Gasteiger charge is -2.29. The van der Waals surface area contributed by atoms with E-state index in [1.165, 1.54) is 50.5 Å². The van der Waals surface area contributed by atoms with Crippen molar-refractivity contribution >= 4 is 12.0 Å². The quantitative estimate of drug-likeness (QED) is 0.456. The minimum Gasteiger partial charge on any atom is -0.478 e. The SMILES string of the molecule is CCC/C=C/c1ccc(-c2cc(C3CCC(CCCC)CC3)ccc2C(=O)O)cc1. The van der Waals surface area contributed by atoms with Gasteiger partial charge in [0, 0.05) is 0 Å². The molecule has 160 valence electrons. The van der Waals surface area contributed by atoms with Gasteiger partial charge in [0.25, 0.3) is 0 Å². The standard InChI is InChI=1S/C28H36O2/c1-3-5-7-9-22-12-16-24(17-13-22)27-20-25(18-19-26(27)28(29)30)23-14-10-21(11-15-23)8-6-4-2/h7,9,12-13,16-21,23H,3-6,8,10-11,14-15H2,1-2H3,(H,29,30)/b9-7+. The van der Waals surface area contributed by atoms with Crippen LogP contribution in [0.15, 0.2) is 48.5 Å². The summed E-state index contributed by atoms with van der Waals surface area (Å²) in [5, 5.41) is 9.73. The zero-order chi connectivity index (χ0) is 21.3. The third-order valence-corrected chi connectivity index (χ3v) is 6.55. The van der Waals surface area contributed by atoms with Crippen molar-refractivity contribution in [3.8, 4) is 11.1 Å². The summed E-state index contributed by atoms with van der Waals surface area (Å²) in [7, 11) is 0. The van der Waals surface area contributed by atoms with Crippen LogP contribution in [0.25, 0.3) is 17.2 Å². The Bertz CT molecular complexity index is 839. The van der Waals surface area contributed by atoms with E-state index in [0.717, 1.165) is 35.4 Å². The van der Waals surface area contributed by atoms with Crippen LogP contribution in [0, 0.1) is 5.92 Å². The maximum absolute atomic E-state index is 11.9. The fourth-order valence-corrected chi connectivity index (χ4v) is 4.68. The lowest BCUT2D eigenvalue weighted by Crippen LogP contribution is -2.14. The molecule has 30 heavy (non-hydrogen) atoms. The molecule has 0 bridgehead atoms. The largest absolute Gasteiger partial charge is 0.478 e. The number of rotatable bonds is 9. The van der Waals surface area contributed by atoms with Crippen molar-refractivity contribution in [3.63, 3.8) is 0 Å². The lowest BCUT2D eigenvalue weighted by atomic mass is 9.76. The Morgan fingerprint density at radius 2 is 1.73 bits per heavy atom. The summed E-state index contributed by atoms with van der Waals surface area (Å²) >= 11 is 0. The van der Waals surface area contributed by atoms with Crippen molar-refractivity contribution in [2.45, 2.75) is 77.6 Å². The van der Waals surface area contributed by atoms with Crippen molar-refractivity contribution in [3.05, 3.63) is 65.2 Å². The molecule has 2 nitrogen and oxygen atoms in total. The number of hydrogen-bond acceptors (Lipinski definition) is 1. The van der Waals surface area contributed by atoms with Crippen molar-refractivity contribution in [2.24, 2.45) is 5.92 Å². The van der Waals surface area contributed by atoms with Crippen molar-refractivity contribution in [1.29, 1.82) is 0 Å². The number of aromatic carboxylic acids is 1. The van der Waals surface area contributed by atoms with Gasteiger partial charge in [-0.2, -0.15) is 0 Å². The van der Waals surface area contributed by atoms with Crippen molar-refractivity contribution in [1.82, 2.24) is 0 Å². The second-order valence-electron chi connectivity index (χ2n) is 8.78. The molecule has 0 atom stereocenters. The number of carboxylic acid groups (broad SMARTS) is 1. The molecule has 0 aromatic heterocycles. The molecular weight excluding hydrogens is 368 g/mol. The summed E-state index contributed by atoms with van der Waals surface area (Å²) < 4.78 is 0. The molecule has 0 aliphatic heterocycles. The highest BCUT2D eigenvalue weighted by Gasteiger charge is 2.23. The van der Waals surface area contributed by atoms with Gasteiger partial charge in [-0.3, -0.25) is 0 Å². The summed E-state index contributed by atoms with van der Waals surface area (Å²) in [5.74, 6) is 0.583. The van der Waals surface area contributed by atoms with E-state index >= 15 is 0 Å². The molecule has 1 aliphatic rings. The highest BCUT2D eigenvalue weighted by Crippen LogP contribution is 2.39. The normalized spacial score (nSPS) is 19.3. The monoisotopic (exact) mass is 404 g/mol. The fourth-order valence-electron chi connectivity index (χ4n) is 4.68. The van der Waals surface area contributed by atoms with Crippen LogP contribution in [0.5, 0.6) is 0 Å². The van der Waals surface area contributed by atoms with E-state index in [-0.39, 0.29) is 0 Å². The maximum Gasteiger partial charge on any atom is 0.336 e. The Morgan fingerprint density at radius 1 is 1.00 bits per heavy atom. The Hall–Kier alpha value is -2.35. The molecule has 0 radical (unpaired) electrons. The molecule has 2 aromatic carbocycles. The molecule has 0 amide bonds. The first-order valence-electron chi connectivity index (χ1n) is 11.8. The third kappa shape index (κ3) is 5.84. The Kier molecular flexibility index (Phi) is 8.30.